The van der Waals surface area contributed by atoms with Crippen LogP contribution < -0.4 is 4.90 Å². The molecule has 3 rings (SSSR count). The Kier molecular flexibility index (Phi) is 6.23. The molecule has 0 atom stereocenters. The lowest BCUT2D eigenvalue weighted by atomic mass is 10.0. The van der Waals surface area contributed by atoms with Gasteiger partial charge < -0.3 is 19.6 Å². The first-order valence-corrected chi connectivity index (χ1v) is 9.08. The second-order valence-electron chi connectivity index (χ2n) is 6.72. The van der Waals surface area contributed by atoms with Gasteiger partial charge in [-0.1, -0.05) is 0 Å². The fourth-order valence-electron chi connectivity index (χ4n) is 3.56. The number of piperidine rings is 1. The third kappa shape index (κ3) is 4.48. The Bertz CT molecular complexity index is 552. The van der Waals surface area contributed by atoms with Gasteiger partial charge >= 0.3 is 0 Å². The maximum atomic E-state index is 12.7. The van der Waals surface area contributed by atoms with Gasteiger partial charge in [-0.15, -0.1) is 0 Å². The van der Waals surface area contributed by atoms with E-state index in [1.807, 2.05) is 29.0 Å². The van der Waals surface area contributed by atoms with Crippen molar-refractivity contribution in [1.82, 2.24) is 14.8 Å². The van der Waals surface area contributed by atoms with Crippen LogP contribution in [0.5, 0.6) is 0 Å². The predicted molar refractivity (Wildman–Crippen MR) is 95.9 cm³/mol. The van der Waals surface area contributed by atoms with Gasteiger partial charge in [0.2, 0.25) is 0 Å². The summed E-state index contributed by atoms with van der Waals surface area (Å²) in [7, 11) is 1.87. The predicted octanol–water partition coefficient (Wildman–Crippen LogP) is 0.447. The van der Waals surface area contributed by atoms with E-state index >= 15 is 0 Å². The summed E-state index contributed by atoms with van der Waals surface area (Å²) in [5.41, 5.74) is 0.631. The van der Waals surface area contributed by atoms with Crippen molar-refractivity contribution in [3.05, 3.63) is 23.9 Å². The highest BCUT2D eigenvalue weighted by atomic mass is 16.5. The minimum absolute atomic E-state index is 0.0595. The fraction of sp³-hybridized carbons (Fsp3) is 0.667. The van der Waals surface area contributed by atoms with Gasteiger partial charge in [0, 0.05) is 52.0 Å². The van der Waals surface area contributed by atoms with Crippen LogP contribution in [-0.4, -0.2) is 91.4 Å². The number of amides is 1. The largest absolute Gasteiger partial charge is 0.395 e. The molecule has 1 aromatic heterocycles. The Morgan fingerprint density at radius 2 is 2.00 bits per heavy atom. The molecule has 0 aliphatic carbocycles. The van der Waals surface area contributed by atoms with Crippen LogP contribution in [0.4, 0.5) is 5.82 Å². The number of ether oxygens (including phenoxy) is 1. The number of rotatable bonds is 5. The van der Waals surface area contributed by atoms with Crippen molar-refractivity contribution < 1.29 is 14.6 Å². The highest BCUT2D eigenvalue weighted by molar-refractivity contribution is 5.94. The number of hydrogen-bond donors (Lipinski definition) is 1. The lowest BCUT2D eigenvalue weighted by Crippen LogP contribution is -2.50. The molecule has 1 amide bonds. The highest BCUT2D eigenvalue weighted by Crippen LogP contribution is 2.20. The number of anilines is 1. The fourth-order valence-corrected chi connectivity index (χ4v) is 3.56. The van der Waals surface area contributed by atoms with Crippen LogP contribution in [0, 0.1) is 0 Å². The molecule has 138 valence electrons. The van der Waals surface area contributed by atoms with Crippen LogP contribution in [0.25, 0.3) is 0 Å². The van der Waals surface area contributed by atoms with Crippen LogP contribution in [0.15, 0.2) is 18.3 Å². The molecule has 25 heavy (non-hydrogen) atoms. The summed E-state index contributed by atoms with van der Waals surface area (Å²) in [6.07, 6.45) is 3.69. The van der Waals surface area contributed by atoms with Crippen molar-refractivity contribution in [1.29, 1.82) is 0 Å². The molecule has 2 aliphatic heterocycles. The van der Waals surface area contributed by atoms with E-state index < -0.39 is 0 Å². The van der Waals surface area contributed by atoms with Crippen LogP contribution in [-0.2, 0) is 4.74 Å². The molecule has 2 aliphatic rings. The molecule has 0 radical (unpaired) electrons. The first kappa shape index (κ1) is 18.1. The highest BCUT2D eigenvalue weighted by Gasteiger charge is 2.28. The number of aliphatic hydroxyl groups excluding tert-OH is 1. The minimum Gasteiger partial charge on any atom is -0.395 e. The van der Waals surface area contributed by atoms with Crippen molar-refractivity contribution in [3.63, 3.8) is 0 Å². The zero-order chi connectivity index (χ0) is 17.6. The molecule has 1 N–H and O–H groups in total. The lowest BCUT2D eigenvalue weighted by molar-refractivity contribution is 0.00158. The first-order valence-electron chi connectivity index (χ1n) is 9.08. The Labute approximate surface area is 149 Å². The minimum atomic E-state index is 0.0595. The second kappa shape index (κ2) is 8.60. The van der Waals surface area contributed by atoms with Gasteiger partial charge in [-0.2, -0.15) is 0 Å². The Morgan fingerprint density at radius 3 is 2.60 bits per heavy atom. The topological polar surface area (TPSA) is 69.1 Å². The van der Waals surface area contributed by atoms with Gasteiger partial charge in [-0.25, -0.2) is 4.98 Å². The summed E-state index contributed by atoms with van der Waals surface area (Å²) in [4.78, 5) is 23.3. The molecule has 1 aromatic rings. The smallest absolute Gasteiger partial charge is 0.255 e. The quantitative estimate of drug-likeness (QED) is 0.833. The van der Waals surface area contributed by atoms with Crippen LogP contribution in [0.3, 0.4) is 0 Å². The molecule has 2 saturated heterocycles. The molecule has 0 spiro atoms. The van der Waals surface area contributed by atoms with Crippen molar-refractivity contribution in [2.75, 3.05) is 64.5 Å². The molecule has 2 fully saturated rings. The van der Waals surface area contributed by atoms with E-state index in [9.17, 15) is 4.79 Å². The van der Waals surface area contributed by atoms with Crippen molar-refractivity contribution >= 4 is 11.7 Å². The number of carbonyl (C=O) groups excluding carboxylic acids is 1. The average Bonchev–Trinajstić information content (AvgIpc) is 2.68. The monoisotopic (exact) mass is 348 g/mol. The number of likely N-dealkylation sites (N-methyl/N-ethyl adjacent to an activating group) is 1. The zero-order valence-corrected chi connectivity index (χ0v) is 14.9. The van der Waals surface area contributed by atoms with Gasteiger partial charge in [0.25, 0.3) is 5.91 Å². The molecule has 0 bridgehead atoms. The molecule has 0 aromatic carbocycles. The lowest BCUT2D eigenvalue weighted by Gasteiger charge is -2.40. The molecule has 0 saturated carbocycles. The molecule has 0 unspecified atom stereocenters. The summed E-state index contributed by atoms with van der Waals surface area (Å²) in [6, 6.07) is 4.23. The van der Waals surface area contributed by atoms with E-state index in [-0.39, 0.29) is 12.5 Å². The summed E-state index contributed by atoms with van der Waals surface area (Å²) in [6.45, 7) is 5.85. The van der Waals surface area contributed by atoms with Crippen molar-refractivity contribution in [2.45, 2.75) is 18.9 Å². The number of nitrogens with zero attached hydrogens (tertiary/aromatic N) is 4. The Hall–Kier alpha value is -1.70. The van der Waals surface area contributed by atoms with E-state index in [0.717, 1.165) is 58.1 Å². The van der Waals surface area contributed by atoms with E-state index in [1.165, 1.54) is 0 Å². The SMILES string of the molecule is CN(CCO)c1ccc(C(=O)N2CCC(N3CCOCC3)CC2)cn1. The normalized spacial score (nSPS) is 19.8. The number of morpholine rings is 1. The Morgan fingerprint density at radius 1 is 1.28 bits per heavy atom. The van der Waals surface area contributed by atoms with E-state index in [0.29, 0.717) is 18.2 Å². The number of aromatic nitrogens is 1. The van der Waals surface area contributed by atoms with Gasteiger partial charge in [-0.3, -0.25) is 9.69 Å². The van der Waals surface area contributed by atoms with Crippen LogP contribution in [0.1, 0.15) is 23.2 Å². The first-order chi connectivity index (χ1) is 12.2. The third-order valence-electron chi connectivity index (χ3n) is 5.14. The Balaban J connectivity index is 1.53. The maximum Gasteiger partial charge on any atom is 0.255 e. The maximum absolute atomic E-state index is 12.7. The molecule has 3 heterocycles. The van der Waals surface area contributed by atoms with E-state index in [2.05, 4.69) is 9.88 Å². The van der Waals surface area contributed by atoms with Gasteiger partial charge in [0.05, 0.1) is 25.4 Å². The summed E-state index contributed by atoms with van der Waals surface area (Å²) >= 11 is 0. The molecular weight excluding hydrogens is 320 g/mol. The number of hydrogen-bond acceptors (Lipinski definition) is 6. The van der Waals surface area contributed by atoms with Crippen LogP contribution in [0.2, 0.25) is 0 Å². The van der Waals surface area contributed by atoms with Crippen molar-refractivity contribution in [3.8, 4) is 0 Å². The van der Waals surface area contributed by atoms with E-state index in [1.54, 1.807) is 6.20 Å². The average molecular weight is 348 g/mol. The molecule has 7 nitrogen and oxygen atoms in total. The van der Waals surface area contributed by atoms with Crippen molar-refractivity contribution in [2.24, 2.45) is 0 Å². The number of likely N-dealkylation sites (tertiary alicyclic amines) is 1. The molecule has 7 heteroatoms. The second-order valence-corrected chi connectivity index (χ2v) is 6.72. The zero-order valence-electron chi connectivity index (χ0n) is 14.9. The summed E-state index contributed by atoms with van der Waals surface area (Å²) in [5, 5.41) is 8.99. The summed E-state index contributed by atoms with van der Waals surface area (Å²) in [5.74, 6) is 0.820. The number of aliphatic hydroxyl groups is 1. The standard InChI is InChI=1S/C18H28N4O3/c1-20(8-11-23)17-3-2-15(14-19-17)18(24)22-6-4-16(5-7-22)21-9-12-25-13-10-21/h2-3,14,16,23H,4-13H2,1H3. The van der Waals surface area contributed by atoms with E-state index in [4.69, 9.17) is 9.84 Å². The van der Waals surface area contributed by atoms with Gasteiger partial charge in [0.15, 0.2) is 0 Å². The van der Waals surface area contributed by atoms with Crippen LogP contribution >= 0.6 is 0 Å². The van der Waals surface area contributed by atoms with Gasteiger partial charge in [-0.05, 0) is 25.0 Å². The number of pyridine rings is 1. The third-order valence-corrected chi connectivity index (χ3v) is 5.14. The summed E-state index contributed by atoms with van der Waals surface area (Å²) < 4.78 is 5.42. The van der Waals surface area contributed by atoms with Gasteiger partial charge in [0.1, 0.15) is 5.82 Å². The molecular formula is C18H28N4O3. The number of carbonyl (C=O) groups is 1.